The molecule has 1 heteroatoms. The van der Waals surface area contributed by atoms with E-state index in [4.69, 9.17) is 0 Å². The Kier molecular flexibility index (Phi) is 1.04. The number of hydrogen-bond acceptors (Lipinski definition) is 1. The van der Waals surface area contributed by atoms with Crippen LogP contribution in [0.15, 0.2) is 24.3 Å². The van der Waals surface area contributed by atoms with E-state index in [-0.39, 0.29) is 0 Å². The molecule has 1 aliphatic rings. The van der Waals surface area contributed by atoms with E-state index >= 15 is 0 Å². The van der Waals surface area contributed by atoms with Crippen LogP contribution in [0.5, 0.6) is 0 Å². The monoisotopic (exact) mass is 130 g/mol. The van der Waals surface area contributed by atoms with Crippen LogP contribution in [0.25, 0.3) is 11.8 Å². The van der Waals surface area contributed by atoms with Gasteiger partial charge in [0, 0.05) is 18.3 Å². The van der Waals surface area contributed by atoms with Gasteiger partial charge in [0.05, 0.1) is 0 Å². The summed E-state index contributed by atoms with van der Waals surface area (Å²) in [4.78, 5) is 0. The summed E-state index contributed by atoms with van der Waals surface area (Å²) in [6.07, 6.45) is 2.09. The Morgan fingerprint density at radius 2 is 2.00 bits per heavy atom. The lowest BCUT2D eigenvalue weighted by Crippen LogP contribution is -2.09. The predicted molar refractivity (Wildman–Crippen MR) is 42.8 cm³/mol. The summed E-state index contributed by atoms with van der Waals surface area (Å²) in [7, 11) is 3.59. The molecule has 0 saturated carbocycles. The van der Waals surface area contributed by atoms with E-state index in [1.54, 1.807) is 0 Å². The molecule has 0 bridgehead atoms. The molecule has 0 fully saturated rings. The van der Waals surface area contributed by atoms with E-state index in [1.165, 1.54) is 11.1 Å². The zero-order valence-corrected chi connectivity index (χ0v) is 5.59. The third-order valence-corrected chi connectivity index (χ3v) is 1.74. The number of nitrogens with one attached hydrogen (secondary N) is 1. The Balaban J connectivity index is 2.43. The van der Waals surface area contributed by atoms with Crippen molar-refractivity contribution in [3.63, 3.8) is 0 Å². The van der Waals surface area contributed by atoms with Crippen LogP contribution in [0.1, 0.15) is 11.1 Å². The minimum absolute atomic E-state index is 1.13. The Labute approximate surface area is 60.4 Å². The maximum atomic E-state index is 3.59. The second kappa shape index (κ2) is 1.87. The summed E-state index contributed by atoms with van der Waals surface area (Å²) in [5, 5.41) is 2.87. The molecule has 0 spiro atoms. The van der Waals surface area contributed by atoms with Crippen molar-refractivity contribution in [2.45, 2.75) is 0 Å². The molecule has 0 unspecified atom stereocenters. The van der Waals surface area contributed by atoms with E-state index in [2.05, 4.69) is 30.6 Å². The summed E-state index contributed by atoms with van der Waals surface area (Å²) in [6.45, 7) is 0. The van der Waals surface area contributed by atoms with Crippen LogP contribution in [0.4, 0.5) is 0 Å². The molecule has 10 heavy (non-hydrogen) atoms. The molecule has 0 aromatic heterocycles. The van der Waals surface area contributed by atoms with Gasteiger partial charge >= 0.3 is 0 Å². The number of rotatable bonds is 1. The molecule has 1 nitrogen and oxygen atoms in total. The zero-order chi connectivity index (χ0) is 6.97. The fourth-order valence-electron chi connectivity index (χ4n) is 1.17. The maximum absolute atomic E-state index is 3.59. The van der Waals surface area contributed by atoms with Crippen molar-refractivity contribution in [3.05, 3.63) is 42.4 Å². The quantitative estimate of drug-likeness (QED) is 0.612. The fourth-order valence-corrected chi connectivity index (χ4v) is 1.17. The molecule has 0 amide bonds. The van der Waals surface area contributed by atoms with Crippen LogP contribution in [-0.2, 0) is 0 Å². The summed E-state index contributed by atoms with van der Waals surface area (Å²) in [6, 6.07) is 8.25. The molecule has 2 rings (SSSR count). The van der Waals surface area contributed by atoms with Crippen molar-refractivity contribution in [1.29, 1.82) is 0 Å². The molecule has 1 aromatic rings. The van der Waals surface area contributed by atoms with E-state index < -0.39 is 0 Å². The van der Waals surface area contributed by atoms with Gasteiger partial charge in [-0.15, -0.1) is 0 Å². The lowest BCUT2D eigenvalue weighted by molar-refractivity contribution is 1.20. The van der Waals surface area contributed by atoms with Crippen LogP contribution in [-0.4, -0.2) is 0 Å². The first-order chi connectivity index (χ1) is 4.92. The standard InChI is InChI=1S/C9H8N/c1-10-9-6-7-4-2-3-5-8(7)9/h2-6,10H,1H2. The molecular formula is C9H8N. The van der Waals surface area contributed by atoms with Gasteiger partial charge in [-0.3, -0.25) is 0 Å². The largest absolute Gasteiger partial charge is 0.383 e. The molecule has 1 aliphatic carbocycles. The smallest absolute Gasteiger partial charge is 0.0426 e. The van der Waals surface area contributed by atoms with E-state index in [0.717, 1.165) is 5.70 Å². The molecule has 1 aromatic carbocycles. The molecule has 0 saturated heterocycles. The van der Waals surface area contributed by atoms with E-state index in [1.807, 2.05) is 12.1 Å². The third kappa shape index (κ3) is 0.574. The lowest BCUT2D eigenvalue weighted by atomic mass is 9.94. The van der Waals surface area contributed by atoms with Crippen LogP contribution < -0.4 is 5.32 Å². The average Bonchev–Trinajstić information content (AvgIpc) is 1.92. The van der Waals surface area contributed by atoms with Crippen LogP contribution >= 0.6 is 0 Å². The van der Waals surface area contributed by atoms with Crippen LogP contribution in [0.3, 0.4) is 0 Å². The van der Waals surface area contributed by atoms with Gasteiger partial charge in [0.25, 0.3) is 0 Å². The predicted octanol–water partition coefficient (Wildman–Crippen LogP) is 1.88. The Morgan fingerprint density at radius 3 is 2.70 bits per heavy atom. The summed E-state index contributed by atoms with van der Waals surface area (Å²) >= 11 is 0. The van der Waals surface area contributed by atoms with Gasteiger partial charge in [-0.05, 0) is 11.6 Å². The van der Waals surface area contributed by atoms with Gasteiger partial charge in [0.2, 0.25) is 0 Å². The Bertz CT molecular complexity index is 287. The average molecular weight is 130 g/mol. The van der Waals surface area contributed by atoms with E-state index in [0.29, 0.717) is 0 Å². The molecule has 0 aliphatic heterocycles. The topological polar surface area (TPSA) is 12.0 Å². The van der Waals surface area contributed by atoms with Crippen molar-refractivity contribution in [2.24, 2.45) is 0 Å². The van der Waals surface area contributed by atoms with Crippen LogP contribution in [0.2, 0.25) is 0 Å². The van der Waals surface area contributed by atoms with Crippen molar-refractivity contribution >= 4 is 11.8 Å². The van der Waals surface area contributed by atoms with Gasteiger partial charge in [-0.2, -0.15) is 0 Å². The first-order valence-electron chi connectivity index (χ1n) is 3.26. The Morgan fingerprint density at radius 1 is 1.20 bits per heavy atom. The summed E-state index contributed by atoms with van der Waals surface area (Å²) in [5.74, 6) is 0. The van der Waals surface area contributed by atoms with Crippen molar-refractivity contribution in [2.75, 3.05) is 0 Å². The summed E-state index contributed by atoms with van der Waals surface area (Å²) < 4.78 is 0. The van der Waals surface area contributed by atoms with Gasteiger partial charge in [0.1, 0.15) is 0 Å². The number of fused-ring (bicyclic) bond motifs is 1. The van der Waals surface area contributed by atoms with Crippen molar-refractivity contribution in [3.8, 4) is 0 Å². The van der Waals surface area contributed by atoms with Gasteiger partial charge in [0.15, 0.2) is 0 Å². The second-order valence-corrected chi connectivity index (χ2v) is 2.32. The third-order valence-electron chi connectivity index (χ3n) is 1.74. The summed E-state index contributed by atoms with van der Waals surface area (Å²) in [5.41, 5.74) is 3.71. The molecule has 0 atom stereocenters. The highest BCUT2D eigenvalue weighted by molar-refractivity contribution is 5.94. The van der Waals surface area contributed by atoms with Gasteiger partial charge < -0.3 is 5.32 Å². The van der Waals surface area contributed by atoms with Crippen LogP contribution in [0, 0.1) is 7.05 Å². The van der Waals surface area contributed by atoms with E-state index in [9.17, 15) is 0 Å². The first-order valence-corrected chi connectivity index (χ1v) is 3.26. The highest BCUT2D eigenvalue weighted by Crippen LogP contribution is 2.28. The minimum Gasteiger partial charge on any atom is -0.383 e. The molecule has 49 valence electrons. The van der Waals surface area contributed by atoms with Crippen molar-refractivity contribution in [1.82, 2.24) is 5.32 Å². The highest BCUT2D eigenvalue weighted by Gasteiger charge is 2.12. The fraction of sp³-hybridized carbons (Fsp3) is 0. The molecular weight excluding hydrogens is 122 g/mol. The zero-order valence-electron chi connectivity index (χ0n) is 5.59. The molecule has 0 heterocycles. The van der Waals surface area contributed by atoms with Gasteiger partial charge in [-0.25, -0.2) is 0 Å². The molecule has 1 N–H and O–H groups in total. The first kappa shape index (κ1) is 5.54. The molecule has 1 radical (unpaired) electrons. The number of hydrogen-bond donors (Lipinski definition) is 1. The Hall–Kier alpha value is -1.24. The second-order valence-electron chi connectivity index (χ2n) is 2.32. The lowest BCUT2D eigenvalue weighted by Gasteiger charge is -2.18. The normalized spacial score (nSPS) is 13.1. The number of benzene rings is 1. The minimum atomic E-state index is 1.13. The maximum Gasteiger partial charge on any atom is 0.0426 e. The highest BCUT2D eigenvalue weighted by atomic mass is 14.8. The van der Waals surface area contributed by atoms with Crippen molar-refractivity contribution < 1.29 is 0 Å². The SMILES string of the molecule is [CH2]NC1=Cc2ccccc21. The van der Waals surface area contributed by atoms with Gasteiger partial charge in [-0.1, -0.05) is 24.3 Å².